The second kappa shape index (κ2) is 6.97. The summed E-state index contributed by atoms with van der Waals surface area (Å²) in [4.78, 5) is 24.4. The molecular formula is C22H11F3O8S. The molecule has 0 saturated heterocycles. The molecule has 0 radical (unpaired) electrons. The maximum atomic E-state index is 12.8. The highest BCUT2D eigenvalue weighted by Crippen LogP contribution is 2.57. The zero-order chi connectivity index (χ0) is 24.5. The van der Waals surface area contributed by atoms with Crippen LogP contribution in [0.4, 0.5) is 13.2 Å². The predicted octanol–water partition coefficient (Wildman–Crippen LogP) is 4.00. The number of phenolic OH excluding ortho intramolecular Hbond substituents is 1. The van der Waals surface area contributed by atoms with Gasteiger partial charge < -0.3 is 18.8 Å². The summed E-state index contributed by atoms with van der Waals surface area (Å²) in [6.45, 7) is 0. The van der Waals surface area contributed by atoms with Crippen LogP contribution >= 0.6 is 0 Å². The highest BCUT2D eigenvalue weighted by Gasteiger charge is 2.54. The third kappa shape index (κ3) is 2.88. The van der Waals surface area contributed by atoms with Crippen LogP contribution in [0, 0.1) is 0 Å². The number of phenols is 1. The first-order chi connectivity index (χ1) is 16.0. The number of rotatable bonds is 3. The minimum absolute atomic E-state index is 0.137. The van der Waals surface area contributed by atoms with Crippen molar-refractivity contribution in [1.29, 1.82) is 0 Å². The van der Waals surface area contributed by atoms with Crippen molar-refractivity contribution >= 4 is 22.4 Å². The molecule has 0 amide bonds. The predicted molar refractivity (Wildman–Crippen MR) is 107 cm³/mol. The normalized spacial score (nSPS) is 18.4. The van der Waals surface area contributed by atoms with E-state index in [-0.39, 0.29) is 33.8 Å². The third-order valence-electron chi connectivity index (χ3n) is 5.48. The molecule has 12 heteroatoms. The molecule has 2 aliphatic heterocycles. The quantitative estimate of drug-likeness (QED) is 0.253. The number of alkyl halides is 3. The van der Waals surface area contributed by atoms with E-state index in [4.69, 9.17) is 9.47 Å². The molecule has 5 rings (SSSR count). The summed E-state index contributed by atoms with van der Waals surface area (Å²) < 4.78 is 76.9. The SMILES string of the molecule is O=Cc1c(O)ccc2c1Oc1cc(OS(=O)(=O)C(F)(F)F)ccc1C21OC(=O)c2ccccc21. The van der Waals surface area contributed by atoms with E-state index in [2.05, 4.69) is 4.18 Å². The molecule has 0 bridgehead atoms. The molecule has 8 nitrogen and oxygen atoms in total. The molecule has 3 aromatic rings. The molecule has 3 aromatic carbocycles. The van der Waals surface area contributed by atoms with Crippen molar-refractivity contribution in [3.63, 3.8) is 0 Å². The van der Waals surface area contributed by atoms with Crippen molar-refractivity contribution in [3.8, 4) is 23.0 Å². The topological polar surface area (TPSA) is 116 Å². The van der Waals surface area contributed by atoms with Gasteiger partial charge in [-0.3, -0.25) is 4.79 Å². The summed E-state index contributed by atoms with van der Waals surface area (Å²) in [6, 6.07) is 11.9. The number of benzene rings is 3. The average molecular weight is 492 g/mol. The van der Waals surface area contributed by atoms with Crippen molar-refractivity contribution in [2.75, 3.05) is 0 Å². The van der Waals surface area contributed by atoms with E-state index in [1.807, 2.05) is 0 Å². The molecule has 2 aliphatic rings. The average Bonchev–Trinajstić information content (AvgIpc) is 3.06. The second-order valence-corrected chi connectivity index (χ2v) is 8.89. The lowest BCUT2D eigenvalue weighted by Gasteiger charge is -2.37. The molecule has 1 unspecified atom stereocenters. The van der Waals surface area contributed by atoms with Gasteiger partial charge in [-0.25, -0.2) is 4.79 Å². The lowest BCUT2D eigenvalue weighted by molar-refractivity contribution is -0.0500. The van der Waals surface area contributed by atoms with Crippen LogP contribution < -0.4 is 8.92 Å². The monoisotopic (exact) mass is 492 g/mol. The maximum Gasteiger partial charge on any atom is 0.534 e. The number of esters is 1. The third-order valence-corrected chi connectivity index (χ3v) is 6.45. The van der Waals surface area contributed by atoms with E-state index >= 15 is 0 Å². The summed E-state index contributed by atoms with van der Waals surface area (Å²) in [5, 5.41) is 10.1. The van der Waals surface area contributed by atoms with E-state index in [0.717, 1.165) is 12.1 Å². The van der Waals surface area contributed by atoms with Gasteiger partial charge in [0.1, 0.15) is 23.0 Å². The molecule has 0 aliphatic carbocycles. The molecule has 1 N–H and O–H groups in total. The standard InChI is InChI=1S/C22H11F3O8S/c23-22(24,25)34(29,30)33-11-5-6-15-18(9-11)31-19-13(10-26)17(27)8-7-16(19)21(15)14-4-2-1-3-12(14)20(28)32-21/h1-10,27H. The van der Waals surface area contributed by atoms with Crippen molar-refractivity contribution in [3.05, 3.63) is 82.4 Å². The van der Waals surface area contributed by atoms with E-state index in [9.17, 15) is 36.3 Å². The van der Waals surface area contributed by atoms with Gasteiger partial charge in [-0.2, -0.15) is 21.6 Å². The Balaban J connectivity index is 1.78. The van der Waals surface area contributed by atoms with Gasteiger partial charge in [-0.1, -0.05) is 18.2 Å². The number of fused-ring (bicyclic) bond motifs is 6. The molecule has 174 valence electrons. The highest BCUT2D eigenvalue weighted by atomic mass is 32.2. The van der Waals surface area contributed by atoms with Crippen LogP contribution in [0.5, 0.6) is 23.0 Å². The first kappa shape index (κ1) is 21.8. The van der Waals surface area contributed by atoms with Crippen molar-refractivity contribution in [2.24, 2.45) is 0 Å². The van der Waals surface area contributed by atoms with Crippen LogP contribution in [0.1, 0.15) is 37.4 Å². The Morgan fingerprint density at radius 2 is 1.71 bits per heavy atom. The molecule has 0 fully saturated rings. The minimum atomic E-state index is -5.98. The molecule has 1 atom stereocenters. The lowest BCUT2D eigenvalue weighted by Crippen LogP contribution is -2.33. The summed E-state index contributed by atoms with van der Waals surface area (Å²) in [6.07, 6.45) is 0.296. The molecule has 0 aromatic heterocycles. The van der Waals surface area contributed by atoms with Crippen molar-refractivity contribution in [1.82, 2.24) is 0 Å². The number of aldehydes is 1. The summed E-state index contributed by atoms with van der Waals surface area (Å²) >= 11 is 0. The van der Waals surface area contributed by atoms with Gasteiger partial charge in [0.15, 0.2) is 11.9 Å². The van der Waals surface area contributed by atoms with Crippen LogP contribution in [0.3, 0.4) is 0 Å². The Morgan fingerprint density at radius 3 is 2.41 bits per heavy atom. The van der Waals surface area contributed by atoms with Gasteiger partial charge in [0.05, 0.1) is 11.1 Å². The van der Waals surface area contributed by atoms with Crippen LogP contribution in [0.15, 0.2) is 54.6 Å². The fourth-order valence-electron chi connectivity index (χ4n) is 4.07. The maximum absolute atomic E-state index is 12.8. The number of aromatic hydroxyl groups is 1. The summed E-state index contributed by atoms with van der Waals surface area (Å²) in [5.74, 6) is -2.38. The number of carbonyl (C=O) groups excluding carboxylic acids is 2. The first-order valence-electron chi connectivity index (χ1n) is 9.47. The number of halogens is 3. The van der Waals surface area contributed by atoms with Gasteiger partial charge in [-0.15, -0.1) is 0 Å². The number of hydrogen-bond donors (Lipinski definition) is 1. The fourth-order valence-corrected chi connectivity index (χ4v) is 4.52. The number of ether oxygens (including phenoxy) is 2. The first-order valence-corrected chi connectivity index (χ1v) is 10.9. The zero-order valence-corrected chi connectivity index (χ0v) is 17.4. The Kier molecular flexibility index (Phi) is 4.46. The van der Waals surface area contributed by atoms with Gasteiger partial charge >= 0.3 is 21.6 Å². The smallest absolute Gasteiger partial charge is 0.507 e. The summed E-state index contributed by atoms with van der Waals surface area (Å²) in [5.41, 5.74) is -6.81. The van der Waals surface area contributed by atoms with Crippen LogP contribution in [0.25, 0.3) is 0 Å². The Morgan fingerprint density at radius 1 is 1.00 bits per heavy atom. The number of hydrogen-bond acceptors (Lipinski definition) is 8. The van der Waals surface area contributed by atoms with Gasteiger partial charge in [0.25, 0.3) is 0 Å². The van der Waals surface area contributed by atoms with Crippen molar-refractivity contribution in [2.45, 2.75) is 11.1 Å². The molecule has 2 heterocycles. The largest absolute Gasteiger partial charge is 0.534 e. The zero-order valence-electron chi connectivity index (χ0n) is 16.6. The molecule has 0 saturated carbocycles. The van der Waals surface area contributed by atoms with E-state index in [1.54, 1.807) is 18.2 Å². The van der Waals surface area contributed by atoms with Crippen LogP contribution in [-0.4, -0.2) is 31.3 Å². The Labute approximate surface area is 189 Å². The van der Waals surface area contributed by atoms with Crippen LogP contribution in [-0.2, 0) is 20.5 Å². The van der Waals surface area contributed by atoms with E-state index < -0.39 is 38.7 Å². The lowest BCUT2D eigenvalue weighted by atomic mass is 9.77. The minimum Gasteiger partial charge on any atom is -0.507 e. The Bertz CT molecular complexity index is 1500. The second-order valence-electron chi connectivity index (χ2n) is 7.35. The highest BCUT2D eigenvalue weighted by molar-refractivity contribution is 7.88. The summed E-state index contributed by atoms with van der Waals surface area (Å²) in [7, 11) is -5.98. The molecule has 1 spiro atoms. The van der Waals surface area contributed by atoms with Gasteiger partial charge in [0.2, 0.25) is 0 Å². The van der Waals surface area contributed by atoms with Crippen molar-refractivity contribution < 1.29 is 49.9 Å². The number of carbonyl (C=O) groups is 2. The fraction of sp³-hybridized carbons (Fsp3) is 0.0909. The molecule has 34 heavy (non-hydrogen) atoms. The molecular weight excluding hydrogens is 481 g/mol. The van der Waals surface area contributed by atoms with Gasteiger partial charge in [0, 0.05) is 22.8 Å². The van der Waals surface area contributed by atoms with Crippen LogP contribution in [0.2, 0.25) is 0 Å². The van der Waals surface area contributed by atoms with E-state index in [1.165, 1.54) is 24.3 Å². The van der Waals surface area contributed by atoms with E-state index in [0.29, 0.717) is 11.8 Å². The Hall–Kier alpha value is -4.06. The van der Waals surface area contributed by atoms with Gasteiger partial charge in [-0.05, 0) is 30.3 Å².